The molecule has 0 bridgehead atoms. The Morgan fingerprint density at radius 1 is 0.688 bits per heavy atom. The van der Waals surface area contributed by atoms with Gasteiger partial charge in [0.1, 0.15) is 11.7 Å². The number of para-hydroxylation sites is 1. The lowest BCUT2D eigenvalue weighted by atomic mass is 9.73. The van der Waals surface area contributed by atoms with Crippen molar-refractivity contribution in [1.29, 1.82) is 0 Å². The smallest absolute Gasteiger partial charge is 0.220 e. The molecular weight excluding hydrogens is 612 g/mol. The fraction of sp³-hybridized carbons (Fsp3) is 0.357. The van der Waals surface area contributed by atoms with Gasteiger partial charge < -0.3 is 19.1 Å². The summed E-state index contributed by atoms with van der Waals surface area (Å²) in [5.41, 5.74) is 6.08. The van der Waals surface area contributed by atoms with E-state index in [1.54, 1.807) is 0 Å². The van der Waals surface area contributed by atoms with E-state index in [0.29, 0.717) is 17.9 Å². The van der Waals surface area contributed by atoms with Gasteiger partial charge in [-0.3, -0.25) is 0 Å². The number of anilines is 2. The molecule has 48 heavy (non-hydrogen) atoms. The van der Waals surface area contributed by atoms with Crippen LogP contribution < -0.4 is 9.80 Å². The summed E-state index contributed by atoms with van der Waals surface area (Å²) in [6.45, 7) is 0.849. The number of rotatable bonds is 13. The number of benzene rings is 4. The van der Waals surface area contributed by atoms with Crippen LogP contribution in [0.3, 0.4) is 0 Å². The van der Waals surface area contributed by atoms with Gasteiger partial charge in [-0.05, 0) is 99.0 Å². The van der Waals surface area contributed by atoms with Crippen LogP contribution in [0.25, 0.3) is 0 Å². The van der Waals surface area contributed by atoms with E-state index in [2.05, 4.69) is 146 Å². The van der Waals surface area contributed by atoms with Crippen LogP contribution in [-0.2, 0) is 12.8 Å². The number of aromatic nitrogens is 1. The number of likely N-dealkylation sites (N-methyl/N-ethyl adjacent to an activating group) is 1. The third kappa shape index (κ3) is 8.14. The van der Waals surface area contributed by atoms with Crippen molar-refractivity contribution in [1.82, 2.24) is 9.88 Å². The molecule has 2 atom stereocenters. The van der Waals surface area contributed by atoms with Crippen LogP contribution in [0.2, 0.25) is 5.02 Å². The highest BCUT2D eigenvalue weighted by Gasteiger charge is 2.38. The van der Waals surface area contributed by atoms with E-state index >= 15 is 0 Å². The molecule has 6 heteroatoms. The summed E-state index contributed by atoms with van der Waals surface area (Å²) in [5.74, 6) is 2.67. The van der Waals surface area contributed by atoms with E-state index < -0.39 is 0 Å². The third-order valence-corrected chi connectivity index (χ3v) is 10.4. The minimum absolute atomic E-state index is 0.0208. The van der Waals surface area contributed by atoms with Gasteiger partial charge in [-0.1, -0.05) is 103 Å². The van der Waals surface area contributed by atoms with Gasteiger partial charge in [-0.25, -0.2) is 4.98 Å². The molecule has 0 amide bonds. The average Bonchev–Trinajstić information content (AvgIpc) is 3.53. The SMILES string of the molecule is CN(CCc1ccccc1)c1oc(C(C2CCC(C(c3ccc(Cl)cc3)N(C)C)CC2)N(C)c2ccccc2)nc1Cc1ccccc1. The standard InChI is InChI=1S/C42H49ClN4O/c1-45(2)39(34-24-26-36(43)27-25-34)33-20-22-35(23-21-33)40(47(4)37-18-12-7-13-19-37)41-44-38(30-32-16-10-6-11-17-32)42(48-41)46(3)29-28-31-14-8-5-9-15-31/h5-19,24-27,33,35,39-40H,20-23,28-30H2,1-4H3. The maximum Gasteiger partial charge on any atom is 0.220 e. The predicted octanol–water partition coefficient (Wildman–Crippen LogP) is 9.88. The van der Waals surface area contributed by atoms with E-state index in [4.69, 9.17) is 21.0 Å². The average molecular weight is 661 g/mol. The topological polar surface area (TPSA) is 35.8 Å². The fourth-order valence-electron chi connectivity index (χ4n) is 7.67. The zero-order valence-electron chi connectivity index (χ0n) is 28.8. The van der Waals surface area contributed by atoms with Crippen LogP contribution in [0.5, 0.6) is 0 Å². The highest BCUT2D eigenvalue weighted by atomic mass is 35.5. The van der Waals surface area contributed by atoms with Crippen LogP contribution in [-0.4, -0.2) is 44.6 Å². The minimum Gasteiger partial charge on any atom is -0.423 e. The van der Waals surface area contributed by atoms with E-state index in [9.17, 15) is 0 Å². The molecule has 4 aromatic carbocycles. The van der Waals surface area contributed by atoms with E-state index in [-0.39, 0.29) is 6.04 Å². The zero-order valence-corrected chi connectivity index (χ0v) is 29.6. The lowest BCUT2D eigenvalue weighted by Crippen LogP contribution is -2.36. The van der Waals surface area contributed by atoms with Gasteiger partial charge in [0.15, 0.2) is 0 Å². The summed E-state index contributed by atoms with van der Waals surface area (Å²) in [6.07, 6.45) is 6.19. The quantitative estimate of drug-likeness (QED) is 0.126. The van der Waals surface area contributed by atoms with Crippen molar-refractivity contribution >= 4 is 23.2 Å². The molecule has 6 rings (SSSR count). The molecule has 1 saturated carbocycles. The molecule has 1 aliphatic carbocycles. The Balaban J connectivity index is 1.30. The van der Waals surface area contributed by atoms with Crippen LogP contribution in [0, 0.1) is 11.8 Å². The Morgan fingerprint density at radius 3 is 1.81 bits per heavy atom. The molecule has 0 saturated heterocycles. The van der Waals surface area contributed by atoms with Crippen molar-refractivity contribution in [2.24, 2.45) is 11.8 Å². The molecule has 250 valence electrons. The number of nitrogens with zero attached hydrogens (tertiary/aromatic N) is 4. The zero-order chi connectivity index (χ0) is 33.5. The van der Waals surface area contributed by atoms with Crippen molar-refractivity contribution in [2.45, 2.75) is 50.6 Å². The van der Waals surface area contributed by atoms with Crippen molar-refractivity contribution < 1.29 is 4.42 Å². The summed E-state index contributed by atoms with van der Waals surface area (Å²) in [7, 11) is 8.76. The van der Waals surface area contributed by atoms with Gasteiger partial charge in [0.2, 0.25) is 11.8 Å². The van der Waals surface area contributed by atoms with Crippen LogP contribution in [0.1, 0.15) is 66.0 Å². The largest absolute Gasteiger partial charge is 0.423 e. The molecule has 0 N–H and O–H groups in total. The first-order chi connectivity index (χ1) is 23.4. The van der Waals surface area contributed by atoms with Crippen molar-refractivity contribution in [2.75, 3.05) is 44.5 Å². The van der Waals surface area contributed by atoms with Gasteiger partial charge in [-0.2, -0.15) is 0 Å². The fourth-order valence-corrected chi connectivity index (χ4v) is 7.80. The van der Waals surface area contributed by atoms with E-state index in [1.807, 2.05) is 12.1 Å². The highest BCUT2D eigenvalue weighted by Crippen LogP contribution is 2.46. The number of hydrogen-bond donors (Lipinski definition) is 0. The van der Waals surface area contributed by atoms with Crippen LogP contribution >= 0.6 is 11.6 Å². The number of oxazole rings is 1. The molecule has 2 unspecified atom stereocenters. The molecule has 5 aromatic rings. The Morgan fingerprint density at radius 2 is 1.23 bits per heavy atom. The minimum atomic E-state index is 0.0208. The summed E-state index contributed by atoms with van der Waals surface area (Å²) >= 11 is 6.26. The van der Waals surface area contributed by atoms with Crippen LogP contribution in [0.4, 0.5) is 11.6 Å². The molecule has 1 aliphatic rings. The van der Waals surface area contributed by atoms with Crippen molar-refractivity contribution in [3.8, 4) is 0 Å². The summed E-state index contributed by atoms with van der Waals surface area (Å²) < 4.78 is 6.94. The second-order valence-electron chi connectivity index (χ2n) is 13.6. The van der Waals surface area contributed by atoms with E-state index in [1.165, 1.54) is 22.4 Å². The Labute approximate surface area is 292 Å². The Hall–Kier alpha value is -4.06. The predicted molar refractivity (Wildman–Crippen MR) is 200 cm³/mol. The van der Waals surface area contributed by atoms with Gasteiger partial charge >= 0.3 is 0 Å². The monoisotopic (exact) mass is 660 g/mol. The maximum absolute atomic E-state index is 6.94. The second kappa shape index (κ2) is 15.9. The Bertz CT molecular complexity index is 1680. The molecule has 0 spiro atoms. The van der Waals surface area contributed by atoms with Gasteiger partial charge in [0, 0.05) is 43.8 Å². The summed E-state index contributed by atoms with van der Waals surface area (Å²) in [5, 5.41) is 0.786. The summed E-state index contributed by atoms with van der Waals surface area (Å²) in [6, 6.07) is 40.8. The van der Waals surface area contributed by atoms with Gasteiger partial charge in [0.05, 0.1) is 0 Å². The molecule has 5 nitrogen and oxygen atoms in total. The molecule has 1 fully saturated rings. The third-order valence-electron chi connectivity index (χ3n) is 10.1. The first-order valence-electron chi connectivity index (χ1n) is 17.4. The molecule has 0 aliphatic heterocycles. The molecular formula is C42H49ClN4O. The second-order valence-corrected chi connectivity index (χ2v) is 14.1. The maximum atomic E-state index is 6.94. The lowest BCUT2D eigenvalue weighted by Gasteiger charge is -2.41. The lowest BCUT2D eigenvalue weighted by molar-refractivity contribution is 0.135. The molecule has 0 radical (unpaired) electrons. The van der Waals surface area contributed by atoms with Crippen molar-refractivity contribution in [3.63, 3.8) is 0 Å². The van der Waals surface area contributed by atoms with Crippen molar-refractivity contribution in [3.05, 3.63) is 149 Å². The first kappa shape index (κ1) is 33.8. The van der Waals surface area contributed by atoms with E-state index in [0.717, 1.165) is 67.6 Å². The summed E-state index contributed by atoms with van der Waals surface area (Å²) in [4.78, 5) is 12.4. The van der Waals surface area contributed by atoms with Crippen LogP contribution in [0.15, 0.2) is 120 Å². The number of halogens is 1. The van der Waals surface area contributed by atoms with Gasteiger partial charge in [0.25, 0.3) is 0 Å². The Kier molecular flexibility index (Phi) is 11.2. The van der Waals surface area contributed by atoms with Gasteiger partial charge in [-0.15, -0.1) is 0 Å². The highest BCUT2D eigenvalue weighted by molar-refractivity contribution is 6.30. The molecule has 1 aromatic heterocycles. The first-order valence-corrected chi connectivity index (χ1v) is 17.7. The molecule has 1 heterocycles. The normalized spacial score (nSPS) is 17.6. The number of hydrogen-bond acceptors (Lipinski definition) is 5.